The number of carbonyl (C=O) groups excluding carboxylic acids is 2. The van der Waals surface area contributed by atoms with E-state index in [2.05, 4.69) is 15.3 Å². The van der Waals surface area contributed by atoms with Crippen LogP contribution in [0.25, 0.3) is 22.0 Å². The number of pyridine rings is 2. The molecule has 2 fully saturated rings. The van der Waals surface area contributed by atoms with Crippen LogP contribution in [0.15, 0.2) is 42.6 Å². The molecular weight excluding hydrogens is 378 g/mol. The minimum atomic E-state index is -0.0388. The summed E-state index contributed by atoms with van der Waals surface area (Å²) in [5, 5.41) is 4.58. The fraction of sp³-hybridized carbons (Fsp3) is 0.304. The van der Waals surface area contributed by atoms with Crippen molar-refractivity contribution in [3.8, 4) is 11.3 Å². The first-order valence-electron chi connectivity index (χ1n) is 10.1. The van der Waals surface area contributed by atoms with Gasteiger partial charge in [0.1, 0.15) is 11.6 Å². The lowest BCUT2D eigenvalue weighted by molar-refractivity contribution is -0.129. The van der Waals surface area contributed by atoms with E-state index >= 15 is 0 Å². The molecule has 30 heavy (non-hydrogen) atoms. The van der Waals surface area contributed by atoms with E-state index in [1.54, 1.807) is 13.1 Å². The van der Waals surface area contributed by atoms with E-state index in [0.717, 1.165) is 27.6 Å². The molecule has 7 heteroatoms. The lowest BCUT2D eigenvalue weighted by atomic mass is 10.0. The Morgan fingerprint density at radius 3 is 2.60 bits per heavy atom. The Balaban J connectivity index is 1.38. The summed E-state index contributed by atoms with van der Waals surface area (Å²) in [6.45, 7) is 4.95. The van der Waals surface area contributed by atoms with Gasteiger partial charge in [-0.15, -0.1) is 0 Å². The Bertz CT molecular complexity index is 1180. The number of amides is 2. The highest BCUT2D eigenvalue weighted by Gasteiger charge is 2.59. The maximum absolute atomic E-state index is 12.7. The van der Waals surface area contributed by atoms with Crippen LogP contribution in [-0.2, 0) is 9.59 Å². The predicted octanol–water partition coefficient (Wildman–Crippen LogP) is 2.85. The van der Waals surface area contributed by atoms with E-state index < -0.39 is 0 Å². The first-order valence-corrected chi connectivity index (χ1v) is 10.1. The van der Waals surface area contributed by atoms with E-state index in [4.69, 9.17) is 5.73 Å². The van der Waals surface area contributed by atoms with Gasteiger partial charge in [0.2, 0.25) is 11.8 Å². The number of nitrogens with two attached hydrogens (primary N) is 1. The molecule has 1 saturated heterocycles. The summed E-state index contributed by atoms with van der Waals surface area (Å²) >= 11 is 0. The third-order valence-electron chi connectivity index (χ3n) is 6.36. The molecule has 1 saturated carbocycles. The molecule has 0 spiro atoms. The van der Waals surface area contributed by atoms with Gasteiger partial charge in [-0.1, -0.05) is 24.3 Å². The molecule has 7 nitrogen and oxygen atoms in total. The number of nitrogen functional groups attached to an aromatic ring is 1. The van der Waals surface area contributed by atoms with Gasteiger partial charge in [0, 0.05) is 43.1 Å². The second-order valence-electron chi connectivity index (χ2n) is 8.27. The smallest absolute Gasteiger partial charge is 0.229 e. The molecule has 0 radical (unpaired) electrons. The van der Waals surface area contributed by atoms with Crippen molar-refractivity contribution >= 4 is 34.2 Å². The molecule has 3 N–H and O–H groups in total. The van der Waals surface area contributed by atoms with E-state index in [0.29, 0.717) is 24.7 Å². The second kappa shape index (κ2) is 6.79. The Labute approximate surface area is 174 Å². The Hall–Kier alpha value is -3.48. The molecule has 1 aliphatic carbocycles. The van der Waals surface area contributed by atoms with Crippen molar-refractivity contribution in [2.45, 2.75) is 13.8 Å². The number of nitrogens with one attached hydrogen (secondary N) is 1. The van der Waals surface area contributed by atoms with Crippen molar-refractivity contribution in [1.29, 1.82) is 0 Å². The number of hydrogen-bond donors (Lipinski definition) is 2. The van der Waals surface area contributed by atoms with Crippen molar-refractivity contribution in [2.24, 2.45) is 17.8 Å². The number of anilines is 2. The summed E-state index contributed by atoms with van der Waals surface area (Å²) in [6, 6.07) is 11.8. The fourth-order valence-corrected chi connectivity index (χ4v) is 4.62. The molecule has 2 amide bonds. The molecule has 2 aromatic heterocycles. The molecule has 1 aromatic carbocycles. The van der Waals surface area contributed by atoms with Crippen molar-refractivity contribution in [3.05, 3.63) is 48.2 Å². The van der Waals surface area contributed by atoms with Crippen LogP contribution in [-0.4, -0.2) is 39.8 Å². The van der Waals surface area contributed by atoms with E-state index in [1.807, 2.05) is 48.2 Å². The topological polar surface area (TPSA) is 101 Å². The van der Waals surface area contributed by atoms with Crippen LogP contribution < -0.4 is 11.1 Å². The number of aromatic nitrogens is 2. The number of aryl methyl sites for hydroxylation is 1. The summed E-state index contributed by atoms with van der Waals surface area (Å²) in [5.41, 5.74) is 9.12. The van der Waals surface area contributed by atoms with E-state index in [1.165, 1.54) is 0 Å². The first kappa shape index (κ1) is 18.5. The van der Waals surface area contributed by atoms with Gasteiger partial charge in [-0.2, -0.15) is 0 Å². The minimum absolute atomic E-state index is 0.0267. The van der Waals surface area contributed by atoms with E-state index in [9.17, 15) is 9.59 Å². The zero-order valence-electron chi connectivity index (χ0n) is 16.9. The number of likely N-dealkylation sites (tertiary alicyclic amines) is 1. The second-order valence-corrected chi connectivity index (χ2v) is 8.27. The van der Waals surface area contributed by atoms with Crippen molar-refractivity contribution in [2.75, 3.05) is 24.1 Å². The van der Waals surface area contributed by atoms with Crippen LogP contribution in [0, 0.1) is 24.7 Å². The van der Waals surface area contributed by atoms with Crippen LogP contribution in [0.1, 0.15) is 12.5 Å². The third-order valence-corrected chi connectivity index (χ3v) is 6.36. The molecular formula is C23H23N5O2. The lowest BCUT2D eigenvalue weighted by Gasteiger charge is -2.17. The quantitative estimate of drug-likeness (QED) is 0.703. The largest absolute Gasteiger partial charge is 0.383 e. The van der Waals surface area contributed by atoms with Crippen molar-refractivity contribution in [3.63, 3.8) is 0 Å². The van der Waals surface area contributed by atoms with Gasteiger partial charge in [0.25, 0.3) is 0 Å². The SMILES string of the molecule is CC(=O)N1C[C@@H]2C(C(=O)Nc3cc4cc(-c5ccccc5C)nc(N)c4cn3)[C@@H]2C1. The van der Waals surface area contributed by atoms with Gasteiger partial charge in [0.05, 0.1) is 5.69 Å². The number of fused-ring (bicyclic) bond motifs is 2. The fourth-order valence-electron chi connectivity index (χ4n) is 4.62. The first-order chi connectivity index (χ1) is 14.4. The maximum Gasteiger partial charge on any atom is 0.229 e. The average Bonchev–Trinajstić information content (AvgIpc) is 3.21. The number of benzene rings is 1. The Morgan fingerprint density at radius 1 is 1.17 bits per heavy atom. The van der Waals surface area contributed by atoms with Crippen LogP contribution in [0.4, 0.5) is 11.6 Å². The van der Waals surface area contributed by atoms with Gasteiger partial charge in [0.15, 0.2) is 0 Å². The standard InChI is InChI=1S/C23H23N5O2/c1-12-5-3-4-6-15(12)19-7-14-8-20(25-9-16(14)22(24)26-19)27-23(30)21-17-10-28(13(2)29)11-18(17)21/h3-9,17-18,21H,10-11H2,1-2H3,(H2,24,26)(H,25,27,30)/t17-,18+,21?. The highest BCUT2D eigenvalue weighted by molar-refractivity contribution is 5.99. The van der Waals surface area contributed by atoms with Gasteiger partial charge in [-0.3, -0.25) is 9.59 Å². The zero-order valence-corrected chi connectivity index (χ0v) is 16.9. The molecule has 3 heterocycles. The highest BCUT2D eigenvalue weighted by atomic mass is 16.2. The summed E-state index contributed by atoms with van der Waals surface area (Å²) in [7, 11) is 0. The number of nitrogens with zero attached hydrogens (tertiary/aromatic N) is 3. The van der Waals surface area contributed by atoms with Crippen LogP contribution >= 0.6 is 0 Å². The van der Waals surface area contributed by atoms with Gasteiger partial charge in [-0.05, 0) is 41.8 Å². The Kier molecular flexibility index (Phi) is 4.20. The summed E-state index contributed by atoms with van der Waals surface area (Å²) < 4.78 is 0. The zero-order chi connectivity index (χ0) is 21.0. The average molecular weight is 401 g/mol. The number of carbonyl (C=O) groups is 2. The molecule has 0 bridgehead atoms. The summed E-state index contributed by atoms with van der Waals surface area (Å²) in [5.74, 6) is 1.46. The Morgan fingerprint density at radius 2 is 1.90 bits per heavy atom. The molecule has 5 rings (SSSR count). The van der Waals surface area contributed by atoms with Gasteiger partial charge >= 0.3 is 0 Å². The highest BCUT2D eigenvalue weighted by Crippen LogP contribution is 2.52. The number of piperidine rings is 1. The molecule has 1 aliphatic heterocycles. The summed E-state index contributed by atoms with van der Waals surface area (Å²) in [4.78, 5) is 34.9. The molecule has 3 aromatic rings. The monoisotopic (exact) mass is 401 g/mol. The lowest BCUT2D eigenvalue weighted by Crippen LogP contribution is -2.31. The van der Waals surface area contributed by atoms with E-state index in [-0.39, 0.29) is 29.6 Å². The minimum Gasteiger partial charge on any atom is -0.383 e. The van der Waals surface area contributed by atoms with Crippen LogP contribution in [0.5, 0.6) is 0 Å². The van der Waals surface area contributed by atoms with Crippen LogP contribution in [0.3, 0.4) is 0 Å². The van der Waals surface area contributed by atoms with Crippen molar-refractivity contribution < 1.29 is 9.59 Å². The number of rotatable bonds is 3. The molecule has 2 aliphatic rings. The third kappa shape index (κ3) is 3.07. The summed E-state index contributed by atoms with van der Waals surface area (Å²) in [6.07, 6.45) is 1.65. The van der Waals surface area contributed by atoms with Gasteiger partial charge in [-0.25, -0.2) is 9.97 Å². The predicted molar refractivity (Wildman–Crippen MR) is 115 cm³/mol. The molecule has 152 valence electrons. The number of hydrogen-bond acceptors (Lipinski definition) is 5. The molecule has 1 unspecified atom stereocenters. The van der Waals surface area contributed by atoms with Crippen LogP contribution in [0.2, 0.25) is 0 Å². The maximum atomic E-state index is 12.7. The normalized spacial score (nSPS) is 22.1. The molecule has 3 atom stereocenters. The van der Waals surface area contributed by atoms with Gasteiger partial charge < -0.3 is 16.0 Å². The van der Waals surface area contributed by atoms with Crippen molar-refractivity contribution in [1.82, 2.24) is 14.9 Å².